The maximum Gasteiger partial charge on any atom is 0.246 e. The molecule has 4 nitrogen and oxygen atoms in total. The minimum atomic E-state index is -0.615. The summed E-state index contributed by atoms with van der Waals surface area (Å²) < 4.78 is 5.24. The van der Waals surface area contributed by atoms with E-state index >= 15 is 0 Å². The molecule has 102 valence electrons. The standard InChI is InChI=1S/C13H15Cl2N3O/c1-3-6-13(2,16)12-17-11(18-19-12)8-4-5-9(14)10(15)7-8/h4-5,7H,3,6,16H2,1-2H3. The molecule has 1 atom stereocenters. The lowest BCUT2D eigenvalue weighted by Crippen LogP contribution is -2.33. The molecule has 1 aromatic carbocycles. The zero-order valence-corrected chi connectivity index (χ0v) is 12.3. The van der Waals surface area contributed by atoms with E-state index in [9.17, 15) is 0 Å². The van der Waals surface area contributed by atoms with Gasteiger partial charge < -0.3 is 10.3 Å². The predicted octanol–water partition coefficient (Wildman–Crippen LogP) is 4.02. The van der Waals surface area contributed by atoms with Gasteiger partial charge in [-0.25, -0.2) is 0 Å². The van der Waals surface area contributed by atoms with E-state index in [-0.39, 0.29) is 0 Å². The fraction of sp³-hybridized carbons (Fsp3) is 0.385. The molecule has 0 aliphatic heterocycles. The Bertz CT molecular complexity index is 581. The highest BCUT2D eigenvalue weighted by Gasteiger charge is 2.27. The second-order valence-electron chi connectivity index (χ2n) is 4.72. The van der Waals surface area contributed by atoms with Crippen molar-refractivity contribution in [3.05, 3.63) is 34.1 Å². The van der Waals surface area contributed by atoms with Gasteiger partial charge >= 0.3 is 0 Å². The van der Waals surface area contributed by atoms with Crippen LogP contribution in [0.2, 0.25) is 10.0 Å². The first-order valence-electron chi connectivity index (χ1n) is 6.02. The number of aromatic nitrogens is 2. The Kier molecular flexibility index (Phi) is 4.13. The highest BCUT2D eigenvalue weighted by molar-refractivity contribution is 6.42. The largest absolute Gasteiger partial charge is 0.337 e. The van der Waals surface area contributed by atoms with Crippen LogP contribution in [0.15, 0.2) is 22.7 Å². The predicted molar refractivity (Wildman–Crippen MR) is 76.2 cm³/mol. The third-order valence-electron chi connectivity index (χ3n) is 2.86. The van der Waals surface area contributed by atoms with Crippen LogP contribution in [0.3, 0.4) is 0 Å². The summed E-state index contributed by atoms with van der Waals surface area (Å²) >= 11 is 11.8. The summed E-state index contributed by atoms with van der Waals surface area (Å²) in [5, 5.41) is 4.88. The van der Waals surface area contributed by atoms with E-state index < -0.39 is 5.54 Å². The Morgan fingerprint density at radius 3 is 2.68 bits per heavy atom. The van der Waals surface area contributed by atoms with E-state index in [4.69, 9.17) is 33.5 Å². The summed E-state index contributed by atoms with van der Waals surface area (Å²) in [7, 11) is 0. The summed E-state index contributed by atoms with van der Waals surface area (Å²) in [6.07, 6.45) is 1.72. The normalized spacial score (nSPS) is 14.4. The summed E-state index contributed by atoms with van der Waals surface area (Å²) in [6, 6.07) is 5.19. The fourth-order valence-electron chi connectivity index (χ4n) is 1.83. The lowest BCUT2D eigenvalue weighted by Gasteiger charge is -2.18. The minimum absolute atomic E-state index is 0.426. The molecule has 6 heteroatoms. The summed E-state index contributed by atoms with van der Waals surface area (Å²) in [5.74, 6) is 0.886. The number of nitrogens with two attached hydrogens (primary N) is 1. The SMILES string of the molecule is CCCC(C)(N)c1nc(-c2ccc(Cl)c(Cl)c2)no1. The number of hydrogen-bond donors (Lipinski definition) is 1. The van der Waals surface area contributed by atoms with Gasteiger partial charge in [0.1, 0.15) is 0 Å². The van der Waals surface area contributed by atoms with Crippen molar-refractivity contribution < 1.29 is 4.52 Å². The number of nitrogens with zero attached hydrogens (tertiary/aromatic N) is 2. The second-order valence-corrected chi connectivity index (χ2v) is 5.53. The smallest absolute Gasteiger partial charge is 0.246 e. The monoisotopic (exact) mass is 299 g/mol. The van der Waals surface area contributed by atoms with E-state index in [1.165, 1.54) is 0 Å². The molecule has 1 aromatic heterocycles. The van der Waals surface area contributed by atoms with Gasteiger partial charge in [0.25, 0.3) is 0 Å². The highest BCUT2D eigenvalue weighted by Crippen LogP contribution is 2.29. The van der Waals surface area contributed by atoms with E-state index in [2.05, 4.69) is 17.1 Å². The molecular weight excluding hydrogens is 285 g/mol. The van der Waals surface area contributed by atoms with Crippen LogP contribution < -0.4 is 5.73 Å². The Morgan fingerprint density at radius 2 is 2.05 bits per heavy atom. The first-order chi connectivity index (χ1) is 8.94. The summed E-state index contributed by atoms with van der Waals surface area (Å²) in [4.78, 5) is 4.34. The van der Waals surface area contributed by atoms with Crippen molar-refractivity contribution in [1.82, 2.24) is 10.1 Å². The molecule has 2 N–H and O–H groups in total. The van der Waals surface area contributed by atoms with Gasteiger partial charge in [-0.2, -0.15) is 4.98 Å². The zero-order chi connectivity index (χ0) is 14.0. The van der Waals surface area contributed by atoms with Gasteiger partial charge in [-0.3, -0.25) is 0 Å². The van der Waals surface area contributed by atoms with Gasteiger partial charge in [0.05, 0.1) is 15.6 Å². The van der Waals surface area contributed by atoms with Crippen molar-refractivity contribution in [3.63, 3.8) is 0 Å². The van der Waals surface area contributed by atoms with Crippen LogP contribution in [0.25, 0.3) is 11.4 Å². The van der Waals surface area contributed by atoms with E-state index in [1.807, 2.05) is 6.92 Å². The van der Waals surface area contributed by atoms with Crippen molar-refractivity contribution in [1.29, 1.82) is 0 Å². The van der Waals surface area contributed by atoms with Crippen LogP contribution in [0, 0.1) is 0 Å². The van der Waals surface area contributed by atoms with Crippen molar-refractivity contribution in [2.45, 2.75) is 32.2 Å². The van der Waals surface area contributed by atoms with E-state index in [1.54, 1.807) is 18.2 Å². The van der Waals surface area contributed by atoms with Crippen LogP contribution in [0.4, 0.5) is 0 Å². The van der Waals surface area contributed by atoms with Gasteiger partial charge in [-0.05, 0) is 31.5 Å². The molecule has 1 unspecified atom stereocenters. The maximum absolute atomic E-state index is 6.15. The Labute approximate surface area is 121 Å². The Balaban J connectivity index is 2.33. The van der Waals surface area contributed by atoms with Crippen LogP contribution in [0.5, 0.6) is 0 Å². The summed E-state index contributed by atoms with van der Waals surface area (Å²) in [5.41, 5.74) is 6.28. The molecule has 0 aliphatic rings. The van der Waals surface area contributed by atoms with Crippen LogP contribution >= 0.6 is 23.2 Å². The molecule has 0 spiro atoms. The molecular formula is C13H15Cl2N3O. The van der Waals surface area contributed by atoms with Gasteiger partial charge in [0, 0.05) is 5.56 Å². The fourth-order valence-corrected chi connectivity index (χ4v) is 2.13. The molecule has 2 rings (SSSR count). The molecule has 19 heavy (non-hydrogen) atoms. The van der Waals surface area contributed by atoms with Crippen molar-refractivity contribution in [2.75, 3.05) is 0 Å². The average molecular weight is 300 g/mol. The molecule has 0 bridgehead atoms. The topological polar surface area (TPSA) is 64.9 Å². The maximum atomic E-state index is 6.15. The molecule has 2 aromatic rings. The minimum Gasteiger partial charge on any atom is -0.337 e. The number of benzene rings is 1. The molecule has 0 radical (unpaired) electrons. The second kappa shape index (κ2) is 5.49. The van der Waals surface area contributed by atoms with Gasteiger partial charge in [-0.1, -0.05) is 41.7 Å². The van der Waals surface area contributed by atoms with E-state index in [0.717, 1.165) is 18.4 Å². The van der Waals surface area contributed by atoms with Gasteiger partial charge in [0.2, 0.25) is 11.7 Å². The van der Waals surface area contributed by atoms with Crippen LogP contribution in [-0.4, -0.2) is 10.1 Å². The molecule has 0 saturated heterocycles. The molecule has 0 fully saturated rings. The number of rotatable bonds is 4. The van der Waals surface area contributed by atoms with Gasteiger partial charge in [-0.15, -0.1) is 0 Å². The molecule has 0 amide bonds. The first-order valence-corrected chi connectivity index (χ1v) is 6.78. The number of halogens is 2. The zero-order valence-electron chi connectivity index (χ0n) is 10.8. The third kappa shape index (κ3) is 3.08. The van der Waals surface area contributed by atoms with Gasteiger partial charge in [0.15, 0.2) is 0 Å². The quantitative estimate of drug-likeness (QED) is 0.926. The van der Waals surface area contributed by atoms with E-state index in [0.29, 0.717) is 21.8 Å². The van der Waals surface area contributed by atoms with Crippen LogP contribution in [-0.2, 0) is 5.54 Å². The average Bonchev–Trinajstić information content (AvgIpc) is 2.83. The molecule has 0 aliphatic carbocycles. The van der Waals surface area contributed by atoms with Crippen molar-refractivity contribution >= 4 is 23.2 Å². The molecule has 0 saturated carbocycles. The highest BCUT2D eigenvalue weighted by atomic mass is 35.5. The lowest BCUT2D eigenvalue weighted by atomic mass is 9.98. The number of hydrogen-bond acceptors (Lipinski definition) is 4. The summed E-state index contributed by atoms with van der Waals surface area (Å²) in [6.45, 7) is 3.93. The Hall–Kier alpha value is -1.10. The Morgan fingerprint density at radius 1 is 1.32 bits per heavy atom. The van der Waals surface area contributed by atoms with Crippen molar-refractivity contribution in [3.8, 4) is 11.4 Å². The first kappa shape index (κ1) is 14.3. The lowest BCUT2D eigenvalue weighted by molar-refractivity contribution is 0.284. The van der Waals surface area contributed by atoms with Crippen LogP contribution in [0.1, 0.15) is 32.6 Å². The van der Waals surface area contributed by atoms with Crippen molar-refractivity contribution in [2.24, 2.45) is 5.73 Å². The molecule has 1 heterocycles. The third-order valence-corrected chi connectivity index (χ3v) is 3.60.